The van der Waals surface area contributed by atoms with E-state index in [1.54, 1.807) is 0 Å². The van der Waals surface area contributed by atoms with E-state index >= 15 is 0 Å². The first-order valence-electron chi connectivity index (χ1n) is 6.15. The molecule has 1 aliphatic heterocycles. The zero-order valence-corrected chi connectivity index (χ0v) is 11.3. The van der Waals surface area contributed by atoms with Crippen LogP contribution in [0, 0.1) is 11.8 Å². The van der Waals surface area contributed by atoms with Crippen molar-refractivity contribution in [3.8, 4) is 0 Å². The zero-order chi connectivity index (χ0) is 11.3. The van der Waals surface area contributed by atoms with Crippen molar-refractivity contribution in [2.24, 2.45) is 17.6 Å². The molecule has 2 N–H and O–H groups in total. The molecule has 1 heterocycles. The summed E-state index contributed by atoms with van der Waals surface area (Å²) in [5, 5.41) is 0. The molecule has 2 atom stereocenters. The van der Waals surface area contributed by atoms with Crippen LogP contribution in [0.5, 0.6) is 0 Å². The van der Waals surface area contributed by atoms with Crippen molar-refractivity contribution in [3.05, 3.63) is 0 Å². The fourth-order valence-electron chi connectivity index (χ4n) is 2.27. The van der Waals surface area contributed by atoms with E-state index in [4.69, 9.17) is 5.73 Å². The van der Waals surface area contributed by atoms with Crippen molar-refractivity contribution in [1.82, 2.24) is 4.90 Å². The second kappa shape index (κ2) is 7.91. The summed E-state index contributed by atoms with van der Waals surface area (Å²) < 4.78 is 0. The van der Waals surface area contributed by atoms with E-state index in [2.05, 4.69) is 13.8 Å². The Bertz CT molecular complexity index is 211. The van der Waals surface area contributed by atoms with E-state index in [9.17, 15) is 4.79 Å². The Balaban J connectivity index is 0.00000225. The van der Waals surface area contributed by atoms with Crippen LogP contribution in [-0.4, -0.2) is 30.4 Å². The lowest BCUT2D eigenvalue weighted by molar-refractivity contribution is -0.131. The lowest BCUT2D eigenvalue weighted by Crippen LogP contribution is -2.30. The van der Waals surface area contributed by atoms with Crippen LogP contribution in [0.25, 0.3) is 0 Å². The summed E-state index contributed by atoms with van der Waals surface area (Å²) in [5.41, 5.74) is 5.61. The molecule has 1 aliphatic rings. The van der Waals surface area contributed by atoms with Gasteiger partial charge in [0, 0.05) is 19.5 Å². The maximum Gasteiger partial charge on any atom is 0.222 e. The minimum Gasteiger partial charge on any atom is -0.342 e. The Hall–Kier alpha value is -0.280. The van der Waals surface area contributed by atoms with Crippen molar-refractivity contribution in [2.45, 2.75) is 39.5 Å². The van der Waals surface area contributed by atoms with Gasteiger partial charge < -0.3 is 10.6 Å². The Morgan fingerprint density at radius 2 is 2.25 bits per heavy atom. The summed E-state index contributed by atoms with van der Waals surface area (Å²) in [7, 11) is 0. The van der Waals surface area contributed by atoms with Crippen LogP contribution in [0.15, 0.2) is 0 Å². The Morgan fingerprint density at radius 3 is 2.75 bits per heavy atom. The lowest BCUT2D eigenvalue weighted by Gasteiger charge is -2.18. The average molecular weight is 249 g/mol. The molecule has 4 heteroatoms. The molecule has 1 saturated heterocycles. The van der Waals surface area contributed by atoms with Gasteiger partial charge in [-0.05, 0) is 24.8 Å². The van der Waals surface area contributed by atoms with Gasteiger partial charge in [-0.15, -0.1) is 12.4 Å². The summed E-state index contributed by atoms with van der Waals surface area (Å²) >= 11 is 0. The first-order chi connectivity index (χ1) is 7.17. The normalized spacial score (nSPS) is 21.7. The second-order valence-corrected chi connectivity index (χ2v) is 4.83. The third-order valence-corrected chi connectivity index (χ3v) is 3.28. The molecule has 0 spiro atoms. The predicted molar refractivity (Wildman–Crippen MR) is 69.7 cm³/mol. The monoisotopic (exact) mass is 248 g/mol. The highest BCUT2D eigenvalue weighted by Gasteiger charge is 2.25. The molecule has 0 aliphatic carbocycles. The number of hydrogen-bond acceptors (Lipinski definition) is 2. The molecule has 3 nitrogen and oxygen atoms in total. The number of carbonyl (C=O) groups excluding carboxylic acids is 1. The summed E-state index contributed by atoms with van der Waals surface area (Å²) in [4.78, 5) is 13.9. The summed E-state index contributed by atoms with van der Waals surface area (Å²) in [6.45, 7) is 6.85. The first kappa shape index (κ1) is 15.7. The third kappa shape index (κ3) is 4.71. The molecule has 16 heavy (non-hydrogen) atoms. The van der Waals surface area contributed by atoms with Crippen LogP contribution in [0.3, 0.4) is 0 Å². The fourth-order valence-corrected chi connectivity index (χ4v) is 2.27. The highest BCUT2D eigenvalue weighted by Crippen LogP contribution is 2.18. The smallest absolute Gasteiger partial charge is 0.222 e. The van der Waals surface area contributed by atoms with E-state index in [0.717, 1.165) is 25.9 Å². The maximum absolute atomic E-state index is 11.9. The Morgan fingerprint density at radius 1 is 1.56 bits per heavy atom. The van der Waals surface area contributed by atoms with Crippen LogP contribution in [0.2, 0.25) is 0 Å². The van der Waals surface area contributed by atoms with Crippen LogP contribution in [-0.2, 0) is 4.79 Å². The quantitative estimate of drug-likeness (QED) is 0.810. The number of nitrogens with two attached hydrogens (primary N) is 1. The van der Waals surface area contributed by atoms with Crippen molar-refractivity contribution < 1.29 is 4.79 Å². The van der Waals surface area contributed by atoms with Gasteiger partial charge in [0.1, 0.15) is 0 Å². The van der Waals surface area contributed by atoms with Crippen molar-refractivity contribution >= 4 is 18.3 Å². The van der Waals surface area contributed by atoms with Crippen LogP contribution < -0.4 is 5.73 Å². The van der Waals surface area contributed by atoms with Crippen LogP contribution in [0.4, 0.5) is 0 Å². The van der Waals surface area contributed by atoms with Gasteiger partial charge in [0.2, 0.25) is 5.91 Å². The minimum absolute atomic E-state index is 0. The molecule has 0 aromatic carbocycles. The second-order valence-electron chi connectivity index (χ2n) is 4.83. The molecular weight excluding hydrogens is 224 g/mol. The number of rotatable bonds is 5. The van der Waals surface area contributed by atoms with E-state index in [0.29, 0.717) is 30.7 Å². The predicted octanol–water partition coefficient (Wildman–Crippen LogP) is 2.04. The largest absolute Gasteiger partial charge is 0.342 e. The molecule has 2 unspecified atom stereocenters. The van der Waals surface area contributed by atoms with Gasteiger partial charge in [0.05, 0.1) is 0 Å². The fraction of sp³-hybridized carbons (Fsp3) is 0.917. The van der Waals surface area contributed by atoms with E-state index in [1.807, 2.05) is 4.90 Å². The summed E-state index contributed by atoms with van der Waals surface area (Å²) in [5.74, 6) is 1.39. The summed E-state index contributed by atoms with van der Waals surface area (Å²) in [6.07, 6.45) is 4.12. The average Bonchev–Trinajstić information content (AvgIpc) is 2.66. The molecule has 1 rings (SSSR count). The number of likely N-dealkylation sites (tertiary alicyclic amines) is 1. The van der Waals surface area contributed by atoms with Gasteiger partial charge >= 0.3 is 0 Å². The molecule has 0 aromatic rings. The molecule has 0 bridgehead atoms. The van der Waals surface area contributed by atoms with E-state index in [-0.39, 0.29) is 12.4 Å². The molecule has 0 radical (unpaired) electrons. The lowest BCUT2D eigenvalue weighted by atomic mass is 10.0. The van der Waals surface area contributed by atoms with Gasteiger partial charge in [-0.3, -0.25) is 4.79 Å². The van der Waals surface area contributed by atoms with Gasteiger partial charge in [-0.1, -0.05) is 26.7 Å². The Kier molecular flexibility index (Phi) is 7.77. The topological polar surface area (TPSA) is 46.3 Å². The van der Waals surface area contributed by atoms with Gasteiger partial charge in [0.25, 0.3) is 0 Å². The number of amides is 1. The minimum atomic E-state index is 0. The molecule has 96 valence electrons. The van der Waals surface area contributed by atoms with Gasteiger partial charge in [-0.2, -0.15) is 0 Å². The van der Waals surface area contributed by atoms with Crippen LogP contribution in [0.1, 0.15) is 39.5 Å². The van der Waals surface area contributed by atoms with Crippen molar-refractivity contribution in [1.29, 1.82) is 0 Å². The molecule has 0 saturated carbocycles. The van der Waals surface area contributed by atoms with Gasteiger partial charge in [-0.25, -0.2) is 0 Å². The van der Waals surface area contributed by atoms with Crippen molar-refractivity contribution in [2.75, 3.05) is 19.6 Å². The highest BCUT2D eigenvalue weighted by atomic mass is 35.5. The SMILES string of the molecule is CCCC(C)CC(=O)N1CCC(CN)C1.Cl. The number of carbonyl (C=O) groups is 1. The number of hydrogen-bond donors (Lipinski definition) is 1. The number of nitrogens with zero attached hydrogens (tertiary/aromatic N) is 1. The Labute approximate surface area is 105 Å². The molecule has 0 aromatic heterocycles. The van der Waals surface area contributed by atoms with Gasteiger partial charge in [0.15, 0.2) is 0 Å². The van der Waals surface area contributed by atoms with Crippen molar-refractivity contribution in [3.63, 3.8) is 0 Å². The standard InChI is InChI=1S/C12H24N2O.ClH/c1-3-4-10(2)7-12(15)14-6-5-11(8-13)9-14;/h10-11H,3-9,13H2,1-2H3;1H. The van der Waals surface area contributed by atoms with E-state index < -0.39 is 0 Å². The molecular formula is C12H25ClN2O. The zero-order valence-electron chi connectivity index (χ0n) is 10.4. The first-order valence-corrected chi connectivity index (χ1v) is 6.15. The maximum atomic E-state index is 11.9. The summed E-state index contributed by atoms with van der Waals surface area (Å²) in [6, 6.07) is 0. The molecule has 1 amide bonds. The van der Waals surface area contributed by atoms with Crippen LogP contribution >= 0.6 is 12.4 Å². The number of halogens is 1. The molecule has 1 fully saturated rings. The van der Waals surface area contributed by atoms with E-state index in [1.165, 1.54) is 6.42 Å². The highest BCUT2D eigenvalue weighted by molar-refractivity contribution is 5.85. The third-order valence-electron chi connectivity index (χ3n) is 3.28.